The van der Waals surface area contributed by atoms with Gasteiger partial charge in [0.1, 0.15) is 0 Å². The zero-order valence-corrected chi connectivity index (χ0v) is 12.2. The number of hydrogen-bond donors (Lipinski definition) is 1. The number of rotatable bonds is 6. The first-order valence-corrected chi connectivity index (χ1v) is 7.69. The fraction of sp³-hybridized carbons (Fsp3) is 0.846. The molecule has 0 aliphatic carbocycles. The Balaban J connectivity index is 2.32. The zero-order chi connectivity index (χ0) is 13.7. The average Bonchev–Trinajstić information content (AvgIpc) is 2.66. The third-order valence-corrected chi connectivity index (χ3v) is 4.43. The zero-order valence-electron chi connectivity index (χ0n) is 11.4. The van der Waals surface area contributed by atoms with E-state index >= 15 is 0 Å². The van der Waals surface area contributed by atoms with E-state index in [0.29, 0.717) is 24.6 Å². The maximum Gasteiger partial charge on any atom is 0.308 e. The summed E-state index contributed by atoms with van der Waals surface area (Å²) >= 11 is 1.65. The van der Waals surface area contributed by atoms with Gasteiger partial charge in [-0.2, -0.15) is 11.8 Å². The van der Waals surface area contributed by atoms with Crippen LogP contribution in [-0.4, -0.2) is 46.0 Å². The first-order chi connectivity index (χ1) is 8.43. The molecule has 1 N–H and O–H groups in total. The number of nitrogens with zero attached hydrogens (tertiary/aromatic N) is 1. The lowest BCUT2D eigenvalue weighted by Crippen LogP contribution is -2.38. The van der Waals surface area contributed by atoms with E-state index in [2.05, 4.69) is 13.8 Å². The summed E-state index contributed by atoms with van der Waals surface area (Å²) in [5, 5.41) is 9.02. The largest absolute Gasteiger partial charge is 0.481 e. The number of carbonyl (C=O) groups excluding carboxylic acids is 1. The van der Waals surface area contributed by atoms with Crippen molar-refractivity contribution in [1.82, 2.24) is 4.90 Å². The molecule has 4 nitrogen and oxygen atoms in total. The summed E-state index contributed by atoms with van der Waals surface area (Å²) in [7, 11) is 0. The number of carboxylic acids is 1. The fourth-order valence-corrected chi connectivity index (χ4v) is 3.31. The van der Waals surface area contributed by atoms with Crippen LogP contribution in [-0.2, 0) is 9.59 Å². The molecule has 2 unspecified atom stereocenters. The van der Waals surface area contributed by atoms with E-state index in [9.17, 15) is 9.59 Å². The summed E-state index contributed by atoms with van der Waals surface area (Å²) in [5.41, 5.74) is 0. The highest BCUT2D eigenvalue weighted by Crippen LogP contribution is 2.25. The summed E-state index contributed by atoms with van der Waals surface area (Å²) in [6, 6.07) is -0.166. The summed E-state index contributed by atoms with van der Waals surface area (Å²) in [6.45, 7) is 6.76. The molecule has 1 heterocycles. The second-order valence-corrected chi connectivity index (χ2v) is 6.40. The molecular formula is C13H23NO3S. The number of thioether (sulfide) groups is 1. The van der Waals surface area contributed by atoms with E-state index in [1.807, 2.05) is 6.92 Å². The van der Waals surface area contributed by atoms with Crippen LogP contribution in [0, 0.1) is 11.8 Å². The van der Waals surface area contributed by atoms with E-state index in [0.717, 1.165) is 12.2 Å². The van der Waals surface area contributed by atoms with Gasteiger partial charge in [0.15, 0.2) is 0 Å². The molecule has 0 saturated carbocycles. The molecule has 1 fully saturated rings. The van der Waals surface area contributed by atoms with Gasteiger partial charge in [-0.3, -0.25) is 9.59 Å². The van der Waals surface area contributed by atoms with Crippen LogP contribution in [0.4, 0.5) is 0 Å². The maximum absolute atomic E-state index is 12.0. The number of carboxylic acid groups (broad SMARTS) is 1. The second-order valence-electron chi connectivity index (χ2n) is 5.30. The predicted octanol–water partition coefficient (Wildman–Crippen LogP) is 2.09. The van der Waals surface area contributed by atoms with Crippen molar-refractivity contribution in [1.29, 1.82) is 0 Å². The van der Waals surface area contributed by atoms with Gasteiger partial charge in [-0.25, -0.2) is 0 Å². The lowest BCUT2D eigenvalue weighted by atomic mass is 10.0. The number of likely N-dealkylation sites (tertiary alicyclic amines) is 1. The number of hydrogen-bond acceptors (Lipinski definition) is 3. The van der Waals surface area contributed by atoms with E-state index in [1.165, 1.54) is 0 Å². The lowest BCUT2D eigenvalue weighted by Gasteiger charge is -2.23. The summed E-state index contributed by atoms with van der Waals surface area (Å²) in [6.07, 6.45) is 1.70. The Labute approximate surface area is 113 Å². The van der Waals surface area contributed by atoms with Gasteiger partial charge >= 0.3 is 5.97 Å². The number of amides is 1. The highest BCUT2D eigenvalue weighted by atomic mass is 32.2. The molecule has 0 spiro atoms. The van der Waals surface area contributed by atoms with Crippen molar-refractivity contribution in [2.75, 3.05) is 18.1 Å². The van der Waals surface area contributed by atoms with Crippen LogP contribution < -0.4 is 0 Å². The molecule has 0 aromatic carbocycles. The van der Waals surface area contributed by atoms with Crippen LogP contribution in [0.25, 0.3) is 0 Å². The standard InChI is InChI=1S/C13H23NO3S/c1-9(2)5-7-18-8-12(15)14-6-4-11(10(14)3)13(16)17/h9-11H,4-8H2,1-3H3,(H,16,17). The highest BCUT2D eigenvalue weighted by molar-refractivity contribution is 7.99. The van der Waals surface area contributed by atoms with E-state index in [-0.39, 0.29) is 11.9 Å². The molecule has 18 heavy (non-hydrogen) atoms. The number of aliphatic carboxylic acids is 1. The lowest BCUT2D eigenvalue weighted by molar-refractivity contribution is -0.142. The minimum atomic E-state index is -0.787. The van der Waals surface area contributed by atoms with Crippen molar-refractivity contribution in [3.05, 3.63) is 0 Å². The summed E-state index contributed by atoms with van der Waals surface area (Å²) in [5.74, 6) is 1.03. The molecule has 1 saturated heterocycles. The third kappa shape index (κ3) is 4.19. The molecule has 0 bridgehead atoms. The van der Waals surface area contributed by atoms with Gasteiger partial charge in [0.2, 0.25) is 5.91 Å². The van der Waals surface area contributed by atoms with Gasteiger partial charge in [0.25, 0.3) is 0 Å². The SMILES string of the molecule is CC(C)CCSCC(=O)N1CCC(C(=O)O)C1C. The van der Waals surface area contributed by atoms with Crippen LogP contribution in [0.15, 0.2) is 0 Å². The van der Waals surface area contributed by atoms with Gasteiger partial charge in [-0.05, 0) is 31.4 Å². The molecule has 0 aromatic heterocycles. The quantitative estimate of drug-likeness (QED) is 0.753. The molecule has 1 amide bonds. The Morgan fingerprint density at radius 2 is 2.11 bits per heavy atom. The third-order valence-electron chi connectivity index (χ3n) is 3.46. The monoisotopic (exact) mass is 273 g/mol. The molecule has 0 aromatic rings. The average molecular weight is 273 g/mol. The molecule has 0 radical (unpaired) electrons. The molecular weight excluding hydrogens is 250 g/mol. The van der Waals surface area contributed by atoms with E-state index in [1.54, 1.807) is 16.7 Å². The Morgan fingerprint density at radius 3 is 2.61 bits per heavy atom. The fourth-order valence-electron chi connectivity index (χ4n) is 2.18. The van der Waals surface area contributed by atoms with Gasteiger partial charge in [0.05, 0.1) is 11.7 Å². The van der Waals surface area contributed by atoms with Crippen LogP contribution in [0.2, 0.25) is 0 Å². The minimum Gasteiger partial charge on any atom is -0.481 e. The van der Waals surface area contributed by atoms with Crippen molar-refractivity contribution >= 4 is 23.6 Å². The van der Waals surface area contributed by atoms with Gasteiger partial charge in [0, 0.05) is 12.6 Å². The summed E-state index contributed by atoms with van der Waals surface area (Å²) < 4.78 is 0. The topological polar surface area (TPSA) is 57.6 Å². The van der Waals surface area contributed by atoms with Crippen molar-refractivity contribution < 1.29 is 14.7 Å². The van der Waals surface area contributed by atoms with Crippen molar-refractivity contribution in [2.45, 2.75) is 39.7 Å². The Kier molecular flexibility index (Phi) is 5.99. The van der Waals surface area contributed by atoms with Crippen LogP contribution in [0.5, 0.6) is 0 Å². The van der Waals surface area contributed by atoms with E-state index in [4.69, 9.17) is 5.11 Å². The normalized spacial score (nSPS) is 23.7. The molecule has 2 atom stereocenters. The van der Waals surface area contributed by atoms with Gasteiger partial charge in [-0.1, -0.05) is 13.8 Å². The first-order valence-electron chi connectivity index (χ1n) is 6.53. The van der Waals surface area contributed by atoms with Crippen LogP contribution in [0.1, 0.15) is 33.6 Å². The second kappa shape index (κ2) is 7.02. The van der Waals surface area contributed by atoms with Crippen molar-refractivity contribution in [3.8, 4) is 0 Å². The molecule has 1 rings (SSSR count). The maximum atomic E-state index is 12.0. The number of carbonyl (C=O) groups is 2. The van der Waals surface area contributed by atoms with Crippen molar-refractivity contribution in [3.63, 3.8) is 0 Å². The molecule has 104 valence electrons. The molecule has 1 aliphatic heterocycles. The van der Waals surface area contributed by atoms with Gasteiger partial charge in [-0.15, -0.1) is 0 Å². The highest BCUT2D eigenvalue weighted by Gasteiger charge is 2.37. The van der Waals surface area contributed by atoms with Crippen molar-refractivity contribution in [2.24, 2.45) is 11.8 Å². The first kappa shape index (κ1) is 15.3. The predicted molar refractivity (Wildman–Crippen MR) is 73.7 cm³/mol. The molecule has 1 aliphatic rings. The summed E-state index contributed by atoms with van der Waals surface area (Å²) in [4.78, 5) is 24.7. The Hall–Kier alpha value is -0.710. The minimum absolute atomic E-state index is 0.0833. The van der Waals surface area contributed by atoms with Gasteiger partial charge < -0.3 is 10.0 Å². The van der Waals surface area contributed by atoms with Crippen LogP contribution >= 0.6 is 11.8 Å². The van der Waals surface area contributed by atoms with E-state index < -0.39 is 11.9 Å². The molecule has 5 heteroatoms. The Bertz CT molecular complexity index is 307. The van der Waals surface area contributed by atoms with Crippen LogP contribution in [0.3, 0.4) is 0 Å². The smallest absolute Gasteiger partial charge is 0.308 e. The Morgan fingerprint density at radius 1 is 1.44 bits per heavy atom.